The minimum absolute atomic E-state index is 0.00138. The van der Waals surface area contributed by atoms with Crippen LogP contribution < -0.4 is 9.64 Å². The molecule has 0 radical (unpaired) electrons. The summed E-state index contributed by atoms with van der Waals surface area (Å²) in [4.78, 5) is 8.11. The molecule has 0 amide bonds. The lowest BCUT2D eigenvalue weighted by Crippen LogP contribution is -2.21. The number of ether oxygens (including phenoxy) is 1. The number of pyridine rings is 1. The van der Waals surface area contributed by atoms with E-state index in [1.807, 2.05) is 35.4 Å². The average Bonchev–Trinajstić information content (AvgIpc) is 3.69. The van der Waals surface area contributed by atoms with Crippen LogP contribution in [0.4, 0.5) is 5.69 Å². The van der Waals surface area contributed by atoms with Crippen LogP contribution in [0.15, 0.2) is 90.7 Å². The minimum atomic E-state index is -2.17. The third kappa shape index (κ3) is 4.44. The first-order valence-electron chi connectivity index (χ1n) is 14.4. The lowest BCUT2D eigenvalue weighted by Gasteiger charge is -2.20. The quantitative estimate of drug-likeness (QED) is 0.218. The molecule has 0 bridgehead atoms. The van der Waals surface area contributed by atoms with Gasteiger partial charge in [0.15, 0.2) is 5.06 Å². The maximum Gasteiger partial charge on any atom is 0.182 e. The molecule has 0 aliphatic carbocycles. The Labute approximate surface area is 240 Å². The van der Waals surface area contributed by atoms with Crippen LogP contribution in [0.1, 0.15) is 30.4 Å². The van der Waals surface area contributed by atoms with E-state index >= 15 is 0 Å². The zero-order valence-corrected chi connectivity index (χ0v) is 23.6. The van der Waals surface area contributed by atoms with Crippen LogP contribution in [0.3, 0.4) is 0 Å². The van der Waals surface area contributed by atoms with Gasteiger partial charge in [-0.1, -0.05) is 38.2 Å². The average molecular weight is 551 g/mol. The van der Waals surface area contributed by atoms with Gasteiger partial charge in [0.05, 0.1) is 12.4 Å². The summed E-state index contributed by atoms with van der Waals surface area (Å²) in [7, 11) is 0. The molecule has 6 aromatic rings. The second kappa shape index (κ2) is 9.11. The highest BCUT2D eigenvalue weighted by atomic mass is 32.1. The van der Waals surface area contributed by atoms with E-state index in [1.54, 1.807) is 35.1 Å². The molecule has 6 heteroatoms. The summed E-state index contributed by atoms with van der Waals surface area (Å²) in [6.45, 7) is 4.76. The van der Waals surface area contributed by atoms with Gasteiger partial charge in [-0.3, -0.25) is 4.98 Å². The van der Waals surface area contributed by atoms with Gasteiger partial charge in [-0.15, -0.1) is 11.3 Å². The van der Waals surface area contributed by atoms with Crippen LogP contribution in [0.2, 0.25) is 0 Å². The molecule has 4 nitrogen and oxygen atoms in total. The summed E-state index contributed by atoms with van der Waals surface area (Å²) in [6.07, 6.45) is 5.30. The molecule has 0 N–H and O–H groups in total. The fourth-order valence-corrected chi connectivity index (χ4v) is 6.92. The van der Waals surface area contributed by atoms with E-state index in [0.717, 1.165) is 32.1 Å². The molecule has 0 saturated heterocycles. The Balaban J connectivity index is 1.31. The number of nitrogens with zero attached hydrogens (tertiary/aromatic N) is 3. The third-order valence-electron chi connectivity index (χ3n) is 7.17. The number of hydrogen-bond acceptors (Lipinski definition) is 6. The van der Waals surface area contributed by atoms with Crippen LogP contribution in [0, 0.1) is 0 Å². The molecule has 4 heterocycles. The molecular weight excluding hydrogens is 519 g/mol. The van der Waals surface area contributed by atoms with E-state index in [4.69, 9.17) is 13.8 Å². The maximum atomic E-state index is 7.69. The Kier molecular flexibility index (Phi) is 4.91. The van der Waals surface area contributed by atoms with Gasteiger partial charge in [-0.2, -0.15) is 0 Å². The Hall–Kier alpha value is -3.87. The van der Waals surface area contributed by atoms with Crippen LogP contribution in [-0.4, -0.2) is 23.5 Å². The highest BCUT2D eigenvalue weighted by molar-refractivity contribution is 7.21. The largest absolute Gasteiger partial charge is 0.447 e. The minimum Gasteiger partial charge on any atom is -0.447 e. The van der Waals surface area contributed by atoms with E-state index in [-0.39, 0.29) is 12.1 Å². The number of thiophene rings is 2. The molecule has 0 atom stereocenters. The number of rotatable bonds is 4. The van der Waals surface area contributed by atoms with Gasteiger partial charge in [0.1, 0.15) is 5.75 Å². The molecule has 1 aliphatic heterocycles. The number of benzene rings is 3. The molecule has 0 saturated carbocycles. The van der Waals surface area contributed by atoms with E-state index in [0.29, 0.717) is 5.75 Å². The Morgan fingerprint density at radius 2 is 1.85 bits per heavy atom. The smallest absolute Gasteiger partial charge is 0.182 e. The Morgan fingerprint density at radius 1 is 0.923 bits per heavy atom. The standard InChI is InChI=1S/C33H29N3OS2/c1-33(2,3)23-8-10-34-28(16-23)32-26-18-29-21(9-13-38-29)14-22(26)15-30-27(32)19-31(39-30)37-25-7-5-6-24(17-25)36-12-11-35(4)20-36/h5-19H,20H2,1-4H3/i4D3. The van der Waals surface area contributed by atoms with Crippen molar-refractivity contribution >= 4 is 59.3 Å². The summed E-state index contributed by atoms with van der Waals surface area (Å²) < 4.78 is 31.9. The van der Waals surface area contributed by atoms with Gasteiger partial charge in [0, 0.05) is 67.9 Å². The summed E-state index contributed by atoms with van der Waals surface area (Å²) in [5.74, 6) is 0.694. The van der Waals surface area contributed by atoms with E-state index in [2.05, 4.69) is 68.6 Å². The van der Waals surface area contributed by atoms with Gasteiger partial charge < -0.3 is 14.5 Å². The van der Waals surface area contributed by atoms with Crippen molar-refractivity contribution in [1.29, 1.82) is 0 Å². The van der Waals surface area contributed by atoms with Gasteiger partial charge in [0.25, 0.3) is 0 Å². The molecule has 0 unspecified atom stereocenters. The van der Waals surface area contributed by atoms with Crippen LogP contribution in [0.25, 0.3) is 42.2 Å². The summed E-state index contributed by atoms with van der Waals surface area (Å²) in [5, 5.41) is 7.65. The number of fused-ring (bicyclic) bond motifs is 3. The van der Waals surface area contributed by atoms with Gasteiger partial charge >= 0.3 is 0 Å². The first kappa shape index (κ1) is 21.0. The van der Waals surface area contributed by atoms with Crippen molar-refractivity contribution in [3.8, 4) is 22.1 Å². The fourth-order valence-electron chi connectivity index (χ4n) is 5.12. The van der Waals surface area contributed by atoms with Crippen molar-refractivity contribution in [1.82, 2.24) is 9.88 Å². The third-order valence-corrected chi connectivity index (χ3v) is 9.01. The lowest BCUT2D eigenvalue weighted by molar-refractivity contribution is 0.490. The van der Waals surface area contributed by atoms with E-state index < -0.39 is 6.98 Å². The van der Waals surface area contributed by atoms with Crippen molar-refractivity contribution in [3.63, 3.8) is 0 Å². The predicted molar refractivity (Wildman–Crippen MR) is 167 cm³/mol. The van der Waals surface area contributed by atoms with E-state index in [1.165, 1.54) is 31.3 Å². The highest BCUT2D eigenvalue weighted by Crippen LogP contribution is 2.45. The van der Waals surface area contributed by atoms with Crippen LogP contribution in [-0.2, 0) is 5.41 Å². The SMILES string of the molecule is [2H]C([2H])([2H])N1C=CN(c2cccc(Oc3cc4c(-c5cc(C(C)(C)C)ccn5)c5cc6sccc6cc5cc4s3)c2)C1. The molecule has 7 rings (SSSR count). The van der Waals surface area contributed by atoms with Crippen molar-refractivity contribution < 1.29 is 8.85 Å². The first-order valence-corrected chi connectivity index (χ1v) is 14.6. The van der Waals surface area contributed by atoms with Gasteiger partial charge in [-0.05, 0) is 81.0 Å². The molecule has 3 aromatic heterocycles. The van der Waals surface area contributed by atoms with Gasteiger partial charge in [-0.25, -0.2) is 0 Å². The number of aromatic nitrogens is 1. The number of hydrogen-bond donors (Lipinski definition) is 0. The Bertz CT molecular complexity index is 2000. The van der Waals surface area contributed by atoms with Crippen molar-refractivity contribution in [2.75, 3.05) is 18.5 Å². The molecule has 0 spiro atoms. The summed E-state index contributed by atoms with van der Waals surface area (Å²) >= 11 is 3.37. The topological polar surface area (TPSA) is 28.6 Å². The van der Waals surface area contributed by atoms with Crippen molar-refractivity contribution in [2.24, 2.45) is 0 Å². The molecule has 0 fully saturated rings. The molecule has 194 valence electrons. The highest BCUT2D eigenvalue weighted by Gasteiger charge is 2.20. The van der Waals surface area contributed by atoms with E-state index in [9.17, 15) is 0 Å². The lowest BCUT2D eigenvalue weighted by atomic mass is 9.86. The van der Waals surface area contributed by atoms with Crippen LogP contribution in [0.5, 0.6) is 10.8 Å². The zero-order chi connectivity index (χ0) is 29.2. The van der Waals surface area contributed by atoms with Crippen molar-refractivity contribution in [3.05, 3.63) is 96.3 Å². The monoisotopic (exact) mass is 550 g/mol. The fraction of sp³-hybridized carbons (Fsp3) is 0.182. The predicted octanol–water partition coefficient (Wildman–Crippen LogP) is 9.60. The maximum absolute atomic E-state index is 7.69. The van der Waals surface area contributed by atoms with Gasteiger partial charge in [0.2, 0.25) is 0 Å². The second-order valence-corrected chi connectivity index (χ2v) is 12.9. The number of anilines is 1. The second-order valence-electron chi connectivity index (χ2n) is 10.9. The Morgan fingerprint density at radius 3 is 2.69 bits per heavy atom. The molecule has 3 aromatic carbocycles. The first-order chi connectivity index (χ1) is 20.0. The summed E-state index contributed by atoms with van der Waals surface area (Å²) in [6, 6.07) is 23.2. The molecule has 39 heavy (non-hydrogen) atoms. The van der Waals surface area contributed by atoms with Crippen LogP contribution >= 0.6 is 22.7 Å². The normalized spacial score (nSPS) is 15.3. The molecular formula is C33H29N3OS2. The summed E-state index contributed by atoms with van der Waals surface area (Å²) in [5.41, 5.74) is 4.19. The zero-order valence-electron chi connectivity index (χ0n) is 24.9. The molecule has 1 aliphatic rings. The van der Waals surface area contributed by atoms with Crippen molar-refractivity contribution in [2.45, 2.75) is 26.2 Å².